The lowest BCUT2D eigenvalue weighted by Crippen LogP contribution is -2.37. The maximum absolute atomic E-state index is 13.8. The molecular weight excluding hydrogens is 1030 g/mol. The molecule has 8 atom stereocenters. The molecule has 0 heterocycles. The van der Waals surface area contributed by atoms with Crippen molar-refractivity contribution < 1.29 is 86.8 Å². The van der Waals surface area contributed by atoms with Gasteiger partial charge >= 0.3 is 41.8 Å². The summed E-state index contributed by atoms with van der Waals surface area (Å²) >= 11 is 0. The van der Waals surface area contributed by atoms with Crippen LogP contribution >= 0.6 is 0 Å². The maximum Gasteiger partial charge on any atom is 0.330 e. The Morgan fingerprint density at radius 2 is 1.00 bits per heavy atom. The highest BCUT2D eigenvalue weighted by molar-refractivity contribution is 5.87. The summed E-state index contributed by atoms with van der Waals surface area (Å²) in [6.07, 6.45) is 13.7. The summed E-state index contributed by atoms with van der Waals surface area (Å²) in [4.78, 5) is 99.9. The van der Waals surface area contributed by atoms with E-state index in [1.54, 1.807) is 42.5 Å². The molecule has 18 nitrogen and oxygen atoms in total. The molecule has 0 spiro atoms. The lowest BCUT2D eigenvalue weighted by atomic mass is 9.78. The van der Waals surface area contributed by atoms with E-state index in [1.165, 1.54) is 0 Å². The van der Waals surface area contributed by atoms with E-state index in [0.29, 0.717) is 36.5 Å². The summed E-state index contributed by atoms with van der Waals surface area (Å²) < 4.78 is 40.4. The van der Waals surface area contributed by atoms with Crippen molar-refractivity contribution in [3.63, 3.8) is 0 Å². The Morgan fingerprint density at radius 3 is 1.55 bits per heavy atom. The summed E-state index contributed by atoms with van der Waals surface area (Å²) in [6, 6.07) is 15.3. The number of aliphatic carboxylic acids is 3. The van der Waals surface area contributed by atoms with Gasteiger partial charge in [-0.2, -0.15) is 0 Å². The van der Waals surface area contributed by atoms with Gasteiger partial charge in [0.15, 0.2) is 6.10 Å². The van der Waals surface area contributed by atoms with Crippen LogP contribution in [0.25, 0.3) is 0 Å². The monoisotopic (exact) mass is 1100 g/mol. The van der Waals surface area contributed by atoms with E-state index in [9.17, 15) is 53.7 Å². The summed E-state index contributed by atoms with van der Waals surface area (Å²) in [5.74, 6) is -10.5. The summed E-state index contributed by atoms with van der Waals surface area (Å²) in [6.45, 7) is 11.7. The molecule has 0 radical (unpaired) electrons. The number of rotatable bonds is 29. The van der Waals surface area contributed by atoms with Gasteiger partial charge in [-0.25, -0.2) is 9.59 Å². The van der Waals surface area contributed by atoms with Gasteiger partial charge in [0.05, 0.1) is 42.8 Å². The van der Waals surface area contributed by atoms with E-state index >= 15 is 0 Å². The Labute approximate surface area is 465 Å². The highest BCUT2D eigenvalue weighted by Crippen LogP contribution is 2.34. The first kappa shape index (κ1) is 60.9. The Bertz CT molecular complexity index is 2880. The van der Waals surface area contributed by atoms with E-state index in [4.69, 9.17) is 33.2 Å². The zero-order valence-corrected chi connectivity index (χ0v) is 45.3. The van der Waals surface area contributed by atoms with E-state index < -0.39 is 89.3 Å². The van der Waals surface area contributed by atoms with Crippen molar-refractivity contribution in [3.05, 3.63) is 149 Å². The fourth-order valence-corrected chi connectivity index (χ4v) is 10.1. The van der Waals surface area contributed by atoms with Gasteiger partial charge in [0.2, 0.25) is 0 Å². The molecule has 18 heteroatoms. The Balaban J connectivity index is 1.21. The Morgan fingerprint density at radius 1 is 0.512 bits per heavy atom. The van der Waals surface area contributed by atoms with Crippen LogP contribution in [0.3, 0.4) is 0 Å². The second kappa shape index (κ2) is 29.6. The number of carboxylic acids is 3. The quantitative estimate of drug-likeness (QED) is 0.0194. The summed E-state index contributed by atoms with van der Waals surface area (Å²) in [5.41, 5.74) is 5.93. The average molecular weight is 1100 g/mol. The van der Waals surface area contributed by atoms with Crippen molar-refractivity contribution in [2.75, 3.05) is 39.6 Å². The number of aryl methyl sites for hydroxylation is 2. The van der Waals surface area contributed by atoms with Gasteiger partial charge in [-0.3, -0.25) is 28.8 Å². The number of benzene rings is 3. The van der Waals surface area contributed by atoms with Gasteiger partial charge in [-0.15, -0.1) is 0 Å². The summed E-state index contributed by atoms with van der Waals surface area (Å²) in [5, 5.41) is 29.2. The third-order valence-corrected chi connectivity index (χ3v) is 14.5. The van der Waals surface area contributed by atoms with Crippen LogP contribution in [-0.4, -0.2) is 109 Å². The standard InChI is InChI=1S/C62H70O18/c1-6-56(64)78-34-43(31-52(63)46-14-8-9-15-47(46)58(66)67)33-76-55-32-42(28-40-20-22-53(37(3)26-40)74-24-25-75-61(72)50-18-12-10-16-48(50)59(68)69)30-44(39(55)5)29-41-21-23-54(38(4)27-41)77-35-45(36-79-57(65)7-2)80-62(73)51-19-13-11-17-49(51)60(70)71/h6-13,20-23,26-27,30,32,43,45-51H,1-2,14-19,24-25,28-29,31,33-36H2,3-5H3,(H,66,67)(H,68,69)(H,70,71). The molecule has 3 aromatic carbocycles. The molecule has 0 bridgehead atoms. The van der Waals surface area contributed by atoms with Crippen LogP contribution in [0.2, 0.25) is 0 Å². The average Bonchev–Trinajstić information content (AvgIpc) is 3.47. The fraction of sp³-hybridized carbons (Fsp3) is 0.419. The van der Waals surface area contributed by atoms with Gasteiger partial charge in [0, 0.05) is 30.4 Å². The number of ether oxygens (including phenoxy) is 7. The first-order valence-electron chi connectivity index (χ1n) is 26.7. The van der Waals surface area contributed by atoms with Crippen molar-refractivity contribution in [1.82, 2.24) is 0 Å². The minimum absolute atomic E-state index is 0.0510. The van der Waals surface area contributed by atoms with Gasteiger partial charge in [-0.05, 0) is 129 Å². The van der Waals surface area contributed by atoms with Crippen LogP contribution < -0.4 is 14.2 Å². The van der Waals surface area contributed by atoms with Crippen LogP contribution in [0.15, 0.2) is 110 Å². The van der Waals surface area contributed by atoms with Crippen molar-refractivity contribution >= 4 is 47.6 Å². The zero-order valence-electron chi connectivity index (χ0n) is 45.3. The van der Waals surface area contributed by atoms with Crippen LogP contribution in [0.4, 0.5) is 0 Å². The molecule has 0 saturated carbocycles. The third kappa shape index (κ3) is 17.4. The molecule has 3 N–H and O–H groups in total. The Kier molecular flexibility index (Phi) is 22.6. The van der Waals surface area contributed by atoms with Crippen LogP contribution in [0, 0.1) is 62.2 Å². The second-order valence-electron chi connectivity index (χ2n) is 20.3. The topological polar surface area (TPSA) is 262 Å². The van der Waals surface area contributed by atoms with Gasteiger partial charge in [0.1, 0.15) is 49.5 Å². The van der Waals surface area contributed by atoms with Crippen molar-refractivity contribution in [2.45, 2.75) is 84.7 Å². The molecule has 8 unspecified atom stereocenters. The van der Waals surface area contributed by atoms with Gasteiger partial charge in [0.25, 0.3) is 0 Å². The second-order valence-corrected chi connectivity index (χ2v) is 20.3. The number of carboxylic acid groups (broad SMARTS) is 3. The number of allylic oxidation sites excluding steroid dienone is 6. The first-order chi connectivity index (χ1) is 38.3. The highest BCUT2D eigenvalue weighted by atomic mass is 16.6. The SMILES string of the molecule is C=CC(=O)OCC(COc1cc(Cc2ccc(OCCOC(=O)C3CC=CCC3C(=O)O)c(C)c2)cc(Cc2ccc(OCC(COC(=O)C=C)OC(=O)C3CC=CCC3C(=O)O)c(C)c2)c1C)CC(=O)C1CC=CCC1C(=O)O. The molecule has 426 valence electrons. The molecule has 3 aliphatic carbocycles. The molecule has 6 rings (SSSR count). The molecule has 0 aliphatic heterocycles. The number of ketones is 1. The molecule has 0 aromatic heterocycles. The lowest BCUT2D eigenvalue weighted by molar-refractivity contribution is -0.167. The van der Waals surface area contributed by atoms with E-state index in [0.717, 1.165) is 51.1 Å². The number of Topliss-reactive ketones (excluding diaryl/α,β-unsaturated/α-hetero) is 1. The summed E-state index contributed by atoms with van der Waals surface area (Å²) in [7, 11) is 0. The maximum atomic E-state index is 13.8. The van der Waals surface area contributed by atoms with E-state index in [-0.39, 0.29) is 83.9 Å². The molecule has 3 aromatic rings. The predicted molar refractivity (Wildman–Crippen MR) is 291 cm³/mol. The highest BCUT2D eigenvalue weighted by Gasteiger charge is 2.38. The molecule has 80 heavy (non-hydrogen) atoms. The minimum Gasteiger partial charge on any atom is -0.493 e. The number of carbonyl (C=O) groups excluding carboxylic acids is 5. The molecule has 0 saturated heterocycles. The van der Waals surface area contributed by atoms with Crippen LogP contribution in [0.1, 0.15) is 83.9 Å². The van der Waals surface area contributed by atoms with Gasteiger partial charge in [-0.1, -0.05) is 79.9 Å². The molecule has 3 aliphatic rings. The van der Waals surface area contributed by atoms with Crippen LogP contribution in [-0.2, 0) is 70.1 Å². The normalized spacial score (nSPS) is 20.0. The van der Waals surface area contributed by atoms with E-state index in [2.05, 4.69) is 19.2 Å². The molecule has 0 amide bonds. The number of hydrogen-bond acceptors (Lipinski definition) is 15. The lowest BCUT2D eigenvalue weighted by Gasteiger charge is -2.26. The number of esters is 4. The van der Waals surface area contributed by atoms with E-state index in [1.807, 2.05) is 57.2 Å². The first-order valence-corrected chi connectivity index (χ1v) is 26.7. The molecule has 0 fully saturated rings. The van der Waals surface area contributed by atoms with Crippen molar-refractivity contribution in [2.24, 2.45) is 41.4 Å². The minimum atomic E-state index is -1.12. The van der Waals surface area contributed by atoms with Gasteiger partial charge < -0.3 is 48.5 Å². The Hall–Kier alpha value is -8.28. The van der Waals surface area contributed by atoms with Crippen molar-refractivity contribution in [3.8, 4) is 17.2 Å². The number of carbonyl (C=O) groups is 8. The third-order valence-electron chi connectivity index (χ3n) is 14.5. The fourth-order valence-electron chi connectivity index (χ4n) is 10.1. The molecular formula is C62H70O18. The number of hydrogen-bond donors (Lipinski definition) is 3. The zero-order chi connectivity index (χ0) is 57.9. The largest absolute Gasteiger partial charge is 0.493 e. The van der Waals surface area contributed by atoms with Crippen molar-refractivity contribution in [1.29, 1.82) is 0 Å². The smallest absolute Gasteiger partial charge is 0.330 e. The van der Waals surface area contributed by atoms with Crippen LogP contribution in [0.5, 0.6) is 17.2 Å². The predicted octanol–water partition coefficient (Wildman–Crippen LogP) is 8.42.